The number of carbonyl (C=O) groups is 2. The van der Waals surface area contributed by atoms with E-state index < -0.39 is 22.8 Å². The lowest BCUT2D eigenvalue weighted by Crippen LogP contribution is -2.42. The van der Waals surface area contributed by atoms with E-state index in [0.717, 1.165) is 0 Å². The lowest BCUT2D eigenvalue weighted by Gasteiger charge is -2.21. The summed E-state index contributed by atoms with van der Waals surface area (Å²) in [6, 6.07) is 4.50. The number of anilines is 1. The highest BCUT2D eigenvalue weighted by Gasteiger charge is 2.20. The maximum atomic E-state index is 11.9. The molecule has 0 aliphatic carbocycles. The second-order valence-electron chi connectivity index (χ2n) is 4.21. The summed E-state index contributed by atoms with van der Waals surface area (Å²) in [6.07, 6.45) is -0.160. The Bertz CT molecular complexity index is 514. The minimum absolute atomic E-state index is 0.0332. The predicted octanol–water partition coefficient (Wildman–Crippen LogP) is 0.750. The number of rotatable bonds is 6. The van der Waals surface area contributed by atoms with E-state index in [1.807, 2.05) is 0 Å². The number of nitrogens with two attached hydrogens (primary N) is 1. The zero-order valence-corrected chi connectivity index (χ0v) is 10.9. The van der Waals surface area contributed by atoms with Crippen molar-refractivity contribution in [3.63, 3.8) is 0 Å². The smallest absolute Gasteiger partial charge is 0.303 e. The third kappa shape index (κ3) is 4.02. The van der Waals surface area contributed by atoms with Crippen LogP contribution >= 0.6 is 0 Å². The molecular formula is C12H15N3O5. The number of aliphatic carboxylic acids is 1. The fourth-order valence-electron chi connectivity index (χ4n) is 1.58. The van der Waals surface area contributed by atoms with Crippen molar-refractivity contribution in [3.8, 4) is 0 Å². The molecule has 1 atom stereocenters. The van der Waals surface area contributed by atoms with E-state index in [1.165, 1.54) is 36.2 Å². The Morgan fingerprint density at radius 1 is 1.40 bits per heavy atom. The van der Waals surface area contributed by atoms with E-state index in [0.29, 0.717) is 5.69 Å². The SMILES string of the molecule is CN(C(=O)C(N)CCC(=O)O)c1ccc([N+](=O)[O-])cc1. The number of hydrogen-bond donors (Lipinski definition) is 2. The number of carbonyl (C=O) groups excluding carboxylic acids is 1. The van der Waals surface area contributed by atoms with E-state index in [9.17, 15) is 19.7 Å². The second kappa shape index (κ2) is 6.62. The Morgan fingerprint density at radius 2 is 1.95 bits per heavy atom. The highest BCUT2D eigenvalue weighted by Crippen LogP contribution is 2.19. The van der Waals surface area contributed by atoms with E-state index in [4.69, 9.17) is 10.8 Å². The second-order valence-corrected chi connectivity index (χ2v) is 4.21. The zero-order valence-electron chi connectivity index (χ0n) is 10.9. The molecule has 0 heterocycles. The van der Waals surface area contributed by atoms with Gasteiger partial charge in [-0.25, -0.2) is 0 Å². The van der Waals surface area contributed by atoms with Gasteiger partial charge >= 0.3 is 5.97 Å². The lowest BCUT2D eigenvalue weighted by molar-refractivity contribution is -0.384. The highest BCUT2D eigenvalue weighted by molar-refractivity contribution is 5.96. The number of nitro benzene ring substituents is 1. The molecule has 0 aliphatic heterocycles. The van der Waals surface area contributed by atoms with Gasteiger partial charge in [0, 0.05) is 31.3 Å². The molecule has 0 spiro atoms. The third-order valence-corrected chi connectivity index (χ3v) is 2.76. The molecule has 1 rings (SSSR count). The van der Waals surface area contributed by atoms with E-state index in [-0.39, 0.29) is 18.5 Å². The molecule has 0 bridgehead atoms. The van der Waals surface area contributed by atoms with Crippen molar-refractivity contribution in [2.45, 2.75) is 18.9 Å². The van der Waals surface area contributed by atoms with Crippen LogP contribution in [0.1, 0.15) is 12.8 Å². The highest BCUT2D eigenvalue weighted by atomic mass is 16.6. The molecule has 0 aromatic heterocycles. The first-order chi connectivity index (χ1) is 9.32. The van der Waals surface area contributed by atoms with Crippen LogP contribution in [0.4, 0.5) is 11.4 Å². The predicted molar refractivity (Wildman–Crippen MR) is 71.4 cm³/mol. The molecule has 0 radical (unpaired) electrons. The van der Waals surface area contributed by atoms with Gasteiger partial charge in [-0.3, -0.25) is 19.7 Å². The first-order valence-electron chi connectivity index (χ1n) is 5.82. The summed E-state index contributed by atoms with van der Waals surface area (Å²) in [5.74, 6) is -1.47. The van der Waals surface area contributed by atoms with Crippen LogP contribution in [0.5, 0.6) is 0 Å². The van der Waals surface area contributed by atoms with Crippen LogP contribution in [0.3, 0.4) is 0 Å². The van der Waals surface area contributed by atoms with Gasteiger partial charge in [-0.05, 0) is 18.6 Å². The van der Waals surface area contributed by atoms with Gasteiger partial charge in [-0.15, -0.1) is 0 Å². The molecule has 3 N–H and O–H groups in total. The van der Waals surface area contributed by atoms with Crippen LogP contribution in [0.2, 0.25) is 0 Å². The maximum Gasteiger partial charge on any atom is 0.303 e. The Hall–Kier alpha value is -2.48. The number of carboxylic acids is 1. The summed E-state index contributed by atoms with van der Waals surface area (Å²) in [5.41, 5.74) is 5.99. The first-order valence-corrected chi connectivity index (χ1v) is 5.82. The Labute approximate surface area is 114 Å². The van der Waals surface area contributed by atoms with Crippen molar-refractivity contribution in [1.82, 2.24) is 0 Å². The normalized spacial score (nSPS) is 11.7. The molecule has 0 saturated heterocycles. The Balaban J connectivity index is 2.73. The fourth-order valence-corrected chi connectivity index (χ4v) is 1.58. The van der Waals surface area contributed by atoms with Crippen LogP contribution < -0.4 is 10.6 Å². The van der Waals surface area contributed by atoms with Gasteiger partial charge in [0.15, 0.2) is 0 Å². The molecule has 0 aliphatic rings. The number of carboxylic acid groups (broad SMARTS) is 1. The van der Waals surface area contributed by atoms with E-state index in [1.54, 1.807) is 0 Å². The largest absolute Gasteiger partial charge is 0.481 e. The van der Waals surface area contributed by atoms with Gasteiger partial charge in [-0.2, -0.15) is 0 Å². The Kier molecular flexibility index (Phi) is 5.15. The Morgan fingerprint density at radius 3 is 2.40 bits per heavy atom. The molecule has 0 fully saturated rings. The summed E-state index contributed by atoms with van der Waals surface area (Å²) >= 11 is 0. The zero-order chi connectivity index (χ0) is 15.3. The van der Waals surface area contributed by atoms with Crippen molar-refractivity contribution in [1.29, 1.82) is 0 Å². The molecule has 0 saturated carbocycles. The first kappa shape index (κ1) is 15.6. The van der Waals surface area contributed by atoms with Crippen LogP contribution in [0.25, 0.3) is 0 Å². The number of amides is 1. The number of benzene rings is 1. The maximum absolute atomic E-state index is 11.9. The van der Waals surface area contributed by atoms with Gasteiger partial charge in [0.05, 0.1) is 11.0 Å². The van der Waals surface area contributed by atoms with Gasteiger partial charge in [0.2, 0.25) is 5.91 Å². The lowest BCUT2D eigenvalue weighted by atomic mass is 10.1. The summed E-state index contributed by atoms with van der Waals surface area (Å²) < 4.78 is 0. The number of hydrogen-bond acceptors (Lipinski definition) is 5. The molecular weight excluding hydrogens is 266 g/mol. The fraction of sp³-hybridized carbons (Fsp3) is 0.333. The minimum atomic E-state index is -1.02. The van der Waals surface area contributed by atoms with Crippen molar-refractivity contribution in [2.75, 3.05) is 11.9 Å². The van der Waals surface area contributed by atoms with Gasteiger partial charge in [-0.1, -0.05) is 0 Å². The molecule has 8 heteroatoms. The van der Waals surface area contributed by atoms with Gasteiger partial charge < -0.3 is 15.7 Å². The number of likely N-dealkylation sites (N-methyl/N-ethyl adjacent to an activating group) is 1. The van der Waals surface area contributed by atoms with Crippen LogP contribution in [-0.2, 0) is 9.59 Å². The van der Waals surface area contributed by atoms with E-state index >= 15 is 0 Å². The van der Waals surface area contributed by atoms with Gasteiger partial charge in [0.1, 0.15) is 0 Å². The van der Waals surface area contributed by atoms with Crippen molar-refractivity contribution in [3.05, 3.63) is 34.4 Å². The van der Waals surface area contributed by atoms with Crippen molar-refractivity contribution < 1.29 is 19.6 Å². The standard InChI is InChI=1S/C12H15N3O5/c1-14(12(18)10(13)6-7-11(16)17)8-2-4-9(5-3-8)15(19)20/h2-5,10H,6-7,13H2,1H3,(H,16,17). The molecule has 108 valence electrons. The van der Waals surface area contributed by atoms with Crippen molar-refractivity contribution >= 4 is 23.3 Å². The molecule has 1 aromatic rings. The molecule has 1 aromatic carbocycles. The average molecular weight is 281 g/mol. The van der Waals surface area contributed by atoms with Crippen LogP contribution in [-0.4, -0.2) is 35.0 Å². The monoisotopic (exact) mass is 281 g/mol. The van der Waals surface area contributed by atoms with E-state index in [2.05, 4.69) is 0 Å². The molecule has 20 heavy (non-hydrogen) atoms. The van der Waals surface area contributed by atoms with Crippen molar-refractivity contribution in [2.24, 2.45) is 5.73 Å². The number of non-ortho nitro benzene ring substituents is 1. The molecule has 1 amide bonds. The summed E-state index contributed by atoms with van der Waals surface area (Å²) in [7, 11) is 1.48. The number of nitrogens with zero attached hydrogens (tertiary/aromatic N) is 2. The topological polar surface area (TPSA) is 127 Å². The summed E-state index contributed by atoms with van der Waals surface area (Å²) in [4.78, 5) is 33.6. The van der Waals surface area contributed by atoms with Gasteiger partial charge in [0.25, 0.3) is 5.69 Å². The molecule has 8 nitrogen and oxygen atoms in total. The summed E-state index contributed by atoms with van der Waals surface area (Å²) in [6.45, 7) is 0. The summed E-state index contributed by atoms with van der Waals surface area (Å²) in [5, 5.41) is 19.1. The quantitative estimate of drug-likeness (QED) is 0.585. The third-order valence-electron chi connectivity index (χ3n) is 2.76. The molecule has 1 unspecified atom stereocenters. The van der Waals surface area contributed by atoms with Crippen LogP contribution in [0, 0.1) is 10.1 Å². The number of nitro groups is 1. The average Bonchev–Trinajstić information content (AvgIpc) is 2.43. The van der Waals surface area contributed by atoms with Crippen LogP contribution in [0.15, 0.2) is 24.3 Å². The minimum Gasteiger partial charge on any atom is -0.481 e.